The van der Waals surface area contributed by atoms with Gasteiger partial charge in [0.05, 0.1) is 13.1 Å². The third-order valence-electron chi connectivity index (χ3n) is 5.09. The van der Waals surface area contributed by atoms with Crippen molar-refractivity contribution in [3.8, 4) is 0 Å². The van der Waals surface area contributed by atoms with E-state index in [-0.39, 0.29) is 0 Å². The van der Waals surface area contributed by atoms with Gasteiger partial charge in [0.2, 0.25) is 0 Å². The summed E-state index contributed by atoms with van der Waals surface area (Å²) in [5, 5.41) is 8.64. The van der Waals surface area contributed by atoms with Crippen LogP contribution in [-0.2, 0) is 6.54 Å². The summed E-state index contributed by atoms with van der Waals surface area (Å²) in [5.41, 5.74) is 5.73. The van der Waals surface area contributed by atoms with E-state index in [4.69, 9.17) is 12.2 Å². The number of nitrogens with one attached hydrogen (secondary N) is 3. The number of thiocarbonyl (C=S) groups is 1. The van der Waals surface area contributed by atoms with Gasteiger partial charge >= 0.3 is 0 Å². The normalized spacial score (nSPS) is 22.0. The van der Waals surface area contributed by atoms with Crippen molar-refractivity contribution in [3.05, 3.63) is 35.9 Å². The fourth-order valence-corrected chi connectivity index (χ4v) is 3.87. The Bertz CT molecular complexity index is 542. The number of benzene rings is 1. The minimum Gasteiger partial charge on any atom is -0.359 e. The van der Waals surface area contributed by atoms with Crippen molar-refractivity contribution in [2.45, 2.75) is 57.5 Å². The maximum atomic E-state index is 5.38. The second-order valence-corrected chi connectivity index (χ2v) is 7.42. The SMILES string of the molecule is S=C(NN=C1CC[NH+](Cc2ccccc2)CC1)NC1CCCCC1. The Labute approximate surface area is 150 Å². The molecule has 0 spiro atoms. The molecule has 24 heavy (non-hydrogen) atoms. The predicted molar refractivity (Wildman–Crippen MR) is 103 cm³/mol. The first-order chi connectivity index (χ1) is 11.8. The van der Waals surface area contributed by atoms with Crippen LogP contribution in [0.5, 0.6) is 0 Å². The van der Waals surface area contributed by atoms with Gasteiger partial charge in [0.25, 0.3) is 0 Å². The van der Waals surface area contributed by atoms with Crippen LogP contribution in [0, 0.1) is 0 Å². The molecule has 0 aromatic heterocycles. The summed E-state index contributed by atoms with van der Waals surface area (Å²) in [4.78, 5) is 1.64. The number of rotatable bonds is 4. The lowest BCUT2D eigenvalue weighted by molar-refractivity contribution is -0.914. The highest BCUT2D eigenvalue weighted by Gasteiger charge is 2.19. The van der Waals surface area contributed by atoms with Crippen LogP contribution in [0.15, 0.2) is 35.4 Å². The van der Waals surface area contributed by atoms with Gasteiger partial charge in [-0.3, -0.25) is 5.43 Å². The van der Waals surface area contributed by atoms with E-state index in [1.807, 2.05) is 0 Å². The lowest BCUT2D eigenvalue weighted by atomic mass is 9.96. The second-order valence-electron chi connectivity index (χ2n) is 7.01. The second kappa shape index (κ2) is 9.14. The molecule has 1 aliphatic carbocycles. The molecule has 0 amide bonds. The van der Waals surface area contributed by atoms with E-state index in [9.17, 15) is 0 Å². The van der Waals surface area contributed by atoms with E-state index < -0.39 is 0 Å². The lowest BCUT2D eigenvalue weighted by Crippen LogP contribution is -3.11. The molecule has 1 saturated heterocycles. The maximum absolute atomic E-state index is 5.38. The van der Waals surface area contributed by atoms with Gasteiger partial charge in [-0.1, -0.05) is 49.6 Å². The maximum Gasteiger partial charge on any atom is 0.187 e. The molecule has 4 nitrogen and oxygen atoms in total. The number of nitrogens with zero attached hydrogens (tertiary/aromatic N) is 1. The van der Waals surface area contributed by atoms with Crippen molar-refractivity contribution in [3.63, 3.8) is 0 Å². The fourth-order valence-electron chi connectivity index (χ4n) is 3.66. The van der Waals surface area contributed by atoms with Crippen molar-refractivity contribution in [2.75, 3.05) is 13.1 Å². The Hall–Kier alpha value is -1.46. The summed E-state index contributed by atoms with van der Waals surface area (Å²) >= 11 is 5.38. The molecule has 2 aliphatic rings. The first-order valence-corrected chi connectivity index (χ1v) is 9.70. The highest BCUT2D eigenvalue weighted by atomic mass is 32.1. The number of piperidine rings is 1. The van der Waals surface area contributed by atoms with Crippen LogP contribution in [0.1, 0.15) is 50.5 Å². The Morgan fingerprint density at radius 1 is 1.08 bits per heavy atom. The van der Waals surface area contributed by atoms with Gasteiger partial charge in [0, 0.05) is 30.2 Å². The first kappa shape index (κ1) is 17.4. The fraction of sp³-hybridized carbons (Fsp3) is 0.579. The molecule has 1 aromatic rings. The molecule has 0 bridgehead atoms. The van der Waals surface area contributed by atoms with Gasteiger partial charge in [0.15, 0.2) is 5.11 Å². The molecular formula is C19H29N4S+. The summed E-state index contributed by atoms with van der Waals surface area (Å²) in [6, 6.07) is 11.3. The molecule has 0 radical (unpaired) electrons. The average molecular weight is 346 g/mol. The highest BCUT2D eigenvalue weighted by Crippen LogP contribution is 2.17. The van der Waals surface area contributed by atoms with Crippen LogP contribution < -0.4 is 15.6 Å². The quantitative estimate of drug-likeness (QED) is 0.578. The van der Waals surface area contributed by atoms with Crippen LogP contribution in [0.25, 0.3) is 0 Å². The zero-order valence-corrected chi connectivity index (χ0v) is 15.2. The molecule has 5 heteroatoms. The number of quaternary nitrogens is 1. The number of hydrogen-bond donors (Lipinski definition) is 3. The molecule has 130 valence electrons. The molecule has 0 unspecified atom stereocenters. The van der Waals surface area contributed by atoms with Gasteiger partial charge in [0.1, 0.15) is 6.54 Å². The smallest absolute Gasteiger partial charge is 0.187 e. The Morgan fingerprint density at radius 2 is 1.79 bits per heavy atom. The van der Waals surface area contributed by atoms with Crippen molar-refractivity contribution >= 4 is 23.0 Å². The largest absolute Gasteiger partial charge is 0.359 e. The molecule has 1 aliphatic heterocycles. The lowest BCUT2D eigenvalue weighted by Gasteiger charge is -2.25. The van der Waals surface area contributed by atoms with E-state index in [2.05, 4.69) is 46.2 Å². The van der Waals surface area contributed by atoms with Gasteiger partial charge in [-0.25, -0.2) is 0 Å². The monoisotopic (exact) mass is 345 g/mol. The number of likely N-dealkylation sites (tertiary alicyclic amines) is 1. The topological polar surface area (TPSA) is 40.9 Å². The van der Waals surface area contributed by atoms with Crippen LogP contribution in [0.2, 0.25) is 0 Å². The predicted octanol–water partition coefficient (Wildman–Crippen LogP) is 2.02. The Balaban J connectivity index is 1.37. The molecule has 0 atom stereocenters. The summed E-state index contributed by atoms with van der Waals surface area (Å²) in [7, 11) is 0. The van der Waals surface area contributed by atoms with Gasteiger partial charge in [-0.15, -0.1) is 0 Å². The molecule has 1 heterocycles. The molecule has 1 aromatic carbocycles. The third kappa shape index (κ3) is 5.56. The van der Waals surface area contributed by atoms with E-state index >= 15 is 0 Å². The third-order valence-corrected chi connectivity index (χ3v) is 5.30. The summed E-state index contributed by atoms with van der Waals surface area (Å²) in [5.74, 6) is 0. The summed E-state index contributed by atoms with van der Waals surface area (Å²) in [6.45, 7) is 3.42. The van der Waals surface area contributed by atoms with Gasteiger partial charge < -0.3 is 10.2 Å². The van der Waals surface area contributed by atoms with Crippen LogP contribution in [-0.4, -0.2) is 30.0 Å². The summed E-state index contributed by atoms with van der Waals surface area (Å²) in [6.07, 6.45) is 8.57. The van der Waals surface area contributed by atoms with E-state index in [0.29, 0.717) is 11.2 Å². The van der Waals surface area contributed by atoms with Crippen LogP contribution in [0.4, 0.5) is 0 Å². The van der Waals surface area contributed by atoms with Gasteiger partial charge in [-0.05, 0) is 25.1 Å². The Kier molecular flexibility index (Phi) is 6.61. The van der Waals surface area contributed by atoms with Crippen molar-refractivity contribution < 1.29 is 4.90 Å². The van der Waals surface area contributed by atoms with Crippen LogP contribution in [0.3, 0.4) is 0 Å². The van der Waals surface area contributed by atoms with E-state index in [0.717, 1.165) is 32.5 Å². The first-order valence-electron chi connectivity index (χ1n) is 9.29. The van der Waals surface area contributed by atoms with Crippen molar-refractivity contribution in [2.24, 2.45) is 5.10 Å². The molecular weight excluding hydrogens is 316 g/mol. The average Bonchev–Trinajstić information content (AvgIpc) is 2.63. The minimum absolute atomic E-state index is 0.538. The zero-order chi connectivity index (χ0) is 16.6. The van der Waals surface area contributed by atoms with Gasteiger partial charge in [-0.2, -0.15) is 5.10 Å². The molecule has 3 N–H and O–H groups in total. The molecule has 2 fully saturated rings. The number of hydrazone groups is 1. The van der Waals surface area contributed by atoms with E-state index in [1.165, 1.54) is 43.4 Å². The minimum atomic E-state index is 0.538. The van der Waals surface area contributed by atoms with Crippen molar-refractivity contribution in [1.82, 2.24) is 10.7 Å². The molecule has 3 rings (SSSR count). The summed E-state index contributed by atoms with van der Waals surface area (Å²) < 4.78 is 0. The van der Waals surface area contributed by atoms with Crippen LogP contribution >= 0.6 is 12.2 Å². The number of hydrogen-bond acceptors (Lipinski definition) is 2. The standard InChI is InChI=1S/C19H28N4S/c24-19(20-17-9-5-2-6-10-17)22-21-18-11-13-23(14-12-18)15-16-7-3-1-4-8-16/h1,3-4,7-8,17H,2,5-6,9-15H2,(H2,20,22,24)/p+1. The molecule has 1 saturated carbocycles. The van der Waals surface area contributed by atoms with Crippen molar-refractivity contribution in [1.29, 1.82) is 0 Å². The Morgan fingerprint density at radius 3 is 2.50 bits per heavy atom. The highest BCUT2D eigenvalue weighted by molar-refractivity contribution is 7.80. The zero-order valence-electron chi connectivity index (χ0n) is 14.4. The van der Waals surface area contributed by atoms with E-state index in [1.54, 1.807) is 4.90 Å².